The predicted octanol–water partition coefficient (Wildman–Crippen LogP) is 3.12. The van der Waals surface area contributed by atoms with Crippen LogP contribution in [-0.2, 0) is 0 Å². The zero-order chi connectivity index (χ0) is 17.4. The molecule has 0 aromatic heterocycles. The first-order chi connectivity index (χ1) is 10.8. The minimum absolute atomic E-state index is 0.143. The third-order valence-corrected chi connectivity index (χ3v) is 2.74. The summed E-state index contributed by atoms with van der Waals surface area (Å²) in [6.07, 6.45) is -0.189. The summed E-state index contributed by atoms with van der Waals surface area (Å²) in [6.45, 7) is 7.21. The molecule has 5 N–H and O–H groups in total. The number of urea groups is 1. The highest BCUT2D eigenvalue weighted by atomic mass is 32.1. The van der Waals surface area contributed by atoms with Crippen molar-refractivity contribution < 1.29 is 9.59 Å². The zero-order valence-corrected chi connectivity index (χ0v) is 13.6. The maximum absolute atomic E-state index is 11.6. The summed E-state index contributed by atoms with van der Waals surface area (Å²) in [5.74, 6) is 0. The van der Waals surface area contributed by atoms with E-state index >= 15 is 0 Å². The van der Waals surface area contributed by atoms with E-state index in [-0.39, 0.29) is 5.11 Å². The number of amides is 3. The molecule has 0 bridgehead atoms. The average Bonchev–Trinajstić information content (AvgIpc) is 2.47. The fourth-order valence-corrected chi connectivity index (χ4v) is 1.50. The van der Waals surface area contributed by atoms with E-state index in [0.717, 1.165) is 5.56 Å². The molecule has 3 amide bonds. The highest BCUT2D eigenvalue weighted by Crippen LogP contribution is 2.20. The van der Waals surface area contributed by atoms with Crippen LogP contribution in [0.2, 0.25) is 0 Å². The second kappa shape index (κ2) is 8.59. The van der Waals surface area contributed by atoms with Crippen molar-refractivity contribution in [3.8, 4) is 0 Å². The molecule has 0 saturated carbocycles. The second-order valence-corrected chi connectivity index (χ2v) is 4.93. The van der Waals surface area contributed by atoms with Crippen LogP contribution in [0.1, 0.15) is 18.9 Å². The molecule has 0 fully saturated rings. The molecule has 0 unspecified atom stereocenters. The lowest BCUT2D eigenvalue weighted by Gasteiger charge is -2.10. The van der Waals surface area contributed by atoms with Gasteiger partial charge in [-0.15, -0.1) is 4.54 Å². The van der Waals surface area contributed by atoms with Gasteiger partial charge in [-0.3, -0.25) is 5.32 Å². The van der Waals surface area contributed by atoms with Crippen LogP contribution in [-0.4, -0.2) is 17.2 Å². The molecule has 23 heavy (non-hydrogen) atoms. The molecular formula is C14H18N5O3S+. The number of aryl methyl sites for hydroxylation is 1. The van der Waals surface area contributed by atoms with Gasteiger partial charge in [0.2, 0.25) is 0 Å². The monoisotopic (exact) mass is 336 g/mol. The first-order valence-electron chi connectivity index (χ1n) is 6.66. The predicted molar refractivity (Wildman–Crippen MR) is 94.4 cm³/mol. The first-order valence-corrected chi connectivity index (χ1v) is 7.07. The lowest BCUT2D eigenvalue weighted by atomic mass is 10.2. The van der Waals surface area contributed by atoms with Crippen molar-refractivity contribution in [3.05, 3.63) is 40.6 Å². The Morgan fingerprint density at radius 3 is 2.70 bits per heavy atom. The maximum Gasteiger partial charge on any atom is 0.722 e. The van der Waals surface area contributed by atoms with Gasteiger partial charge in [-0.2, -0.15) is 0 Å². The molecule has 0 aliphatic carbocycles. The van der Waals surface area contributed by atoms with Gasteiger partial charge in [-0.05, 0) is 43.3 Å². The summed E-state index contributed by atoms with van der Waals surface area (Å²) in [5, 5.41) is 10.7. The number of nitrogens with zero attached hydrogens (tertiary/aromatic N) is 1. The number of nitroso groups, excluding NO2 is 1. The molecule has 0 heterocycles. The Kier molecular flexibility index (Phi) is 6.81. The molecule has 0 radical (unpaired) electrons. The van der Waals surface area contributed by atoms with E-state index < -0.39 is 12.1 Å². The minimum atomic E-state index is -0.762. The van der Waals surface area contributed by atoms with Gasteiger partial charge in [0.15, 0.2) is 5.11 Å². The highest BCUT2D eigenvalue weighted by Gasteiger charge is 2.16. The van der Waals surface area contributed by atoms with E-state index in [4.69, 9.17) is 5.73 Å². The largest absolute Gasteiger partial charge is 0.722 e. The Labute approximate surface area is 138 Å². The number of carbonyl (C=O) groups is 2. The van der Waals surface area contributed by atoms with Gasteiger partial charge in [-0.25, -0.2) is 10.1 Å². The molecule has 0 atom stereocenters. The third kappa shape index (κ3) is 6.66. The molecule has 1 aromatic carbocycles. The van der Waals surface area contributed by atoms with Crippen LogP contribution < -0.4 is 21.7 Å². The van der Waals surface area contributed by atoms with Crippen molar-refractivity contribution in [3.63, 3.8) is 0 Å². The fourth-order valence-electron chi connectivity index (χ4n) is 1.41. The van der Waals surface area contributed by atoms with Crippen LogP contribution in [0.25, 0.3) is 0 Å². The quantitative estimate of drug-likeness (QED) is 0.498. The standard InChI is InChI=1S/C14H17N5O3S/c1-4-9(3)19-22-14(21)16-10-6-5-8(2)11(7-10)17-13(20)18-12(15)23/h5-7H,3-4H2,1-2H3,(H4-,15,16,17,18,20,21,23)/p+1. The van der Waals surface area contributed by atoms with Crippen LogP contribution in [0.3, 0.4) is 0 Å². The van der Waals surface area contributed by atoms with E-state index in [1.165, 1.54) is 0 Å². The molecule has 1 rings (SSSR count). The molecular weight excluding hydrogens is 318 g/mol. The Bertz CT molecular complexity index is 672. The summed E-state index contributed by atoms with van der Waals surface area (Å²) < 4.78 is 4.64. The number of rotatable bonds is 4. The SMILES string of the molecule is C=C(CC)N=[O+]C(=O)Nc1ccc(C)c(NC(=O)NC(N)=S)c1. The number of allylic oxidation sites excluding steroid dienone is 1. The van der Waals surface area contributed by atoms with Gasteiger partial charge in [0.1, 0.15) is 5.70 Å². The highest BCUT2D eigenvalue weighted by molar-refractivity contribution is 7.80. The molecule has 9 heteroatoms. The van der Waals surface area contributed by atoms with Crippen molar-refractivity contribution in [2.24, 2.45) is 10.9 Å². The topological polar surface area (TPSA) is 120 Å². The molecule has 0 aliphatic heterocycles. The van der Waals surface area contributed by atoms with Crippen LogP contribution in [0.4, 0.5) is 21.0 Å². The van der Waals surface area contributed by atoms with Crippen molar-refractivity contribution in [1.82, 2.24) is 5.32 Å². The first kappa shape index (κ1) is 18.2. The lowest BCUT2D eigenvalue weighted by Crippen LogP contribution is -2.38. The van der Waals surface area contributed by atoms with Gasteiger partial charge < -0.3 is 11.1 Å². The summed E-state index contributed by atoms with van der Waals surface area (Å²) in [7, 11) is 0. The van der Waals surface area contributed by atoms with Gasteiger partial charge >= 0.3 is 12.1 Å². The molecule has 0 saturated heterocycles. The Balaban J connectivity index is 2.78. The number of carbonyl (C=O) groups excluding carboxylic acids is 2. The number of benzene rings is 1. The number of hydrogen-bond acceptors (Lipinski definition) is 4. The summed E-state index contributed by atoms with van der Waals surface area (Å²) in [5.41, 5.74) is 7.35. The van der Waals surface area contributed by atoms with Crippen LogP contribution >= 0.6 is 12.2 Å². The van der Waals surface area contributed by atoms with E-state index in [1.807, 2.05) is 6.92 Å². The minimum Gasteiger partial charge on any atom is -0.376 e. The number of nitrogens with two attached hydrogens (primary N) is 1. The van der Waals surface area contributed by atoms with Crippen molar-refractivity contribution in [2.45, 2.75) is 20.3 Å². The number of anilines is 2. The smallest absolute Gasteiger partial charge is 0.376 e. The summed E-state index contributed by atoms with van der Waals surface area (Å²) in [6, 6.07) is 4.36. The van der Waals surface area contributed by atoms with Crippen molar-refractivity contribution in [1.29, 1.82) is 0 Å². The van der Waals surface area contributed by atoms with Crippen LogP contribution in [0.15, 0.2) is 35.7 Å². The van der Waals surface area contributed by atoms with Crippen LogP contribution in [0, 0.1) is 11.5 Å². The maximum atomic E-state index is 11.6. The van der Waals surface area contributed by atoms with E-state index in [9.17, 15) is 9.59 Å². The van der Waals surface area contributed by atoms with E-state index in [0.29, 0.717) is 23.5 Å². The molecule has 0 spiro atoms. The van der Waals surface area contributed by atoms with Crippen molar-refractivity contribution in [2.75, 3.05) is 10.6 Å². The number of nitrogens with one attached hydrogen (secondary N) is 3. The Morgan fingerprint density at radius 1 is 1.39 bits per heavy atom. The normalized spacial score (nSPS) is 10.2. The molecule has 1 aromatic rings. The van der Waals surface area contributed by atoms with Gasteiger partial charge in [0.25, 0.3) is 0 Å². The lowest BCUT2D eigenvalue weighted by molar-refractivity contribution is 0.256. The molecule has 8 nitrogen and oxygen atoms in total. The summed E-state index contributed by atoms with van der Waals surface area (Å²) >= 11 is 4.58. The van der Waals surface area contributed by atoms with Gasteiger partial charge in [0, 0.05) is 10.9 Å². The van der Waals surface area contributed by atoms with Gasteiger partial charge in [0.05, 0.1) is 10.5 Å². The zero-order valence-electron chi connectivity index (χ0n) is 12.8. The number of hydrogen-bond donors (Lipinski definition) is 4. The fraction of sp³-hybridized carbons (Fsp3) is 0.214. The molecule has 122 valence electrons. The van der Waals surface area contributed by atoms with E-state index in [1.54, 1.807) is 25.1 Å². The third-order valence-electron chi connectivity index (χ3n) is 2.63. The van der Waals surface area contributed by atoms with E-state index in [2.05, 4.69) is 44.5 Å². The van der Waals surface area contributed by atoms with Crippen molar-refractivity contribution >= 4 is 40.8 Å². The Morgan fingerprint density at radius 2 is 2.09 bits per heavy atom. The van der Waals surface area contributed by atoms with Crippen LogP contribution in [0.5, 0.6) is 0 Å². The second-order valence-electron chi connectivity index (χ2n) is 4.49. The number of thiocarbonyl (C=S) groups is 1. The average molecular weight is 336 g/mol. The molecule has 0 aliphatic rings. The summed E-state index contributed by atoms with van der Waals surface area (Å²) in [4.78, 5) is 23.2. The Hall–Kier alpha value is -2.81. The van der Waals surface area contributed by atoms with Gasteiger partial charge in [-0.1, -0.05) is 19.6 Å².